The molecule has 0 saturated heterocycles. The molecule has 0 amide bonds. The topological polar surface area (TPSA) is 72.5 Å². The van der Waals surface area contributed by atoms with Crippen LogP contribution in [-0.2, 0) is 19.6 Å². The van der Waals surface area contributed by atoms with E-state index in [0.29, 0.717) is 13.0 Å². The molecular formula is C12H15ClFNO4S. The lowest BCUT2D eigenvalue weighted by Gasteiger charge is -2.07. The van der Waals surface area contributed by atoms with Crippen LogP contribution < -0.4 is 4.72 Å². The zero-order valence-electron chi connectivity index (χ0n) is 10.9. The summed E-state index contributed by atoms with van der Waals surface area (Å²) in [6.45, 7) is 2.06. The lowest BCUT2D eigenvalue weighted by Crippen LogP contribution is -2.25. The molecule has 8 heteroatoms. The van der Waals surface area contributed by atoms with Gasteiger partial charge in [0, 0.05) is 13.0 Å². The number of hydrogen-bond acceptors (Lipinski definition) is 4. The second kappa shape index (κ2) is 7.56. The van der Waals surface area contributed by atoms with Gasteiger partial charge in [0.05, 0.1) is 16.5 Å². The Labute approximate surface area is 122 Å². The third-order valence-corrected chi connectivity index (χ3v) is 4.10. The number of sulfonamides is 1. The Morgan fingerprint density at radius 3 is 2.75 bits per heavy atom. The van der Waals surface area contributed by atoms with Gasteiger partial charge in [-0.2, -0.15) is 0 Å². The fourth-order valence-corrected chi connectivity index (χ4v) is 2.74. The Bertz CT molecular complexity index is 577. The quantitative estimate of drug-likeness (QED) is 0.616. The van der Waals surface area contributed by atoms with E-state index in [2.05, 4.69) is 4.72 Å². The van der Waals surface area contributed by atoms with E-state index < -0.39 is 15.8 Å². The van der Waals surface area contributed by atoms with E-state index in [1.54, 1.807) is 6.92 Å². The molecule has 5 nitrogen and oxygen atoms in total. The molecule has 0 aliphatic carbocycles. The second-order valence-corrected chi connectivity index (χ2v) is 6.06. The Kier molecular flexibility index (Phi) is 6.38. The molecule has 20 heavy (non-hydrogen) atoms. The van der Waals surface area contributed by atoms with Gasteiger partial charge in [-0.15, -0.1) is 0 Å². The molecule has 0 fully saturated rings. The molecule has 1 aromatic rings. The first-order valence-corrected chi connectivity index (χ1v) is 7.83. The van der Waals surface area contributed by atoms with Crippen LogP contribution in [0.3, 0.4) is 0 Å². The molecule has 1 aromatic carbocycles. The van der Waals surface area contributed by atoms with Crippen molar-refractivity contribution in [2.45, 2.75) is 24.7 Å². The Morgan fingerprint density at radius 1 is 1.45 bits per heavy atom. The van der Waals surface area contributed by atoms with Crippen molar-refractivity contribution in [3.63, 3.8) is 0 Å². The summed E-state index contributed by atoms with van der Waals surface area (Å²) in [5.74, 6) is -1.07. The Hall–Kier alpha value is -1.18. The maximum atomic E-state index is 13.0. The second-order valence-electron chi connectivity index (χ2n) is 3.88. The standard InChI is InChI=1S/C12H15ClFNO4S/c1-2-19-12(16)4-3-7-15-20(17,18)9-5-6-11(14)10(13)8-9/h5-6,8,15H,2-4,7H2,1H3. The average molecular weight is 324 g/mol. The van der Waals surface area contributed by atoms with Crippen molar-refractivity contribution < 1.29 is 22.3 Å². The molecule has 0 bridgehead atoms. The molecule has 0 heterocycles. The fraction of sp³-hybridized carbons (Fsp3) is 0.417. The van der Waals surface area contributed by atoms with Crippen LogP contribution in [0, 0.1) is 5.82 Å². The third kappa shape index (κ3) is 5.07. The van der Waals surface area contributed by atoms with Gasteiger partial charge in [-0.25, -0.2) is 17.5 Å². The number of benzene rings is 1. The van der Waals surface area contributed by atoms with Crippen molar-refractivity contribution in [1.29, 1.82) is 0 Å². The van der Waals surface area contributed by atoms with E-state index in [0.717, 1.165) is 18.2 Å². The maximum Gasteiger partial charge on any atom is 0.305 e. The van der Waals surface area contributed by atoms with Crippen LogP contribution in [0.25, 0.3) is 0 Å². The highest BCUT2D eigenvalue weighted by Crippen LogP contribution is 2.19. The van der Waals surface area contributed by atoms with E-state index >= 15 is 0 Å². The first-order chi connectivity index (χ1) is 9.36. The largest absolute Gasteiger partial charge is 0.466 e. The molecule has 1 rings (SSSR count). The minimum Gasteiger partial charge on any atom is -0.466 e. The predicted octanol–water partition coefficient (Wildman–Crippen LogP) is 2.10. The maximum absolute atomic E-state index is 13.0. The van der Waals surface area contributed by atoms with Gasteiger partial charge in [0.15, 0.2) is 0 Å². The molecule has 0 atom stereocenters. The lowest BCUT2D eigenvalue weighted by atomic mass is 10.3. The minimum absolute atomic E-state index is 0.0795. The summed E-state index contributed by atoms with van der Waals surface area (Å²) in [6, 6.07) is 3.13. The Balaban J connectivity index is 2.53. The average Bonchev–Trinajstić information content (AvgIpc) is 2.38. The van der Waals surface area contributed by atoms with Crippen LogP contribution in [0.5, 0.6) is 0 Å². The van der Waals surface area contributed by atoms with Crippen molar-refractivity contribution in [1.82, 2.24) is 4.72 Å². The number of nitrogens with one attached hydrogen (secondary N) is 1. The van der Waals surface area contributed by atoms with Crippen LogP contribution in [0.2, 0.25) is 5.02 Å². The highest BCUT2D eigenvalue weighted by atomic mass is 35.5. The van der Waals surface area contributed by atoms with E-state index in [-0.39, 0.29) is 28.9 Å². The summed E-state index contributed by atoms with van der Waals surface area (Å²) in [7, 11) is -3.76. The molecule has 0 aromatic heterocycles. The number of hydrogen-bond donors (Lipinski definition) is 1. The van der Waals surface area contributed by atoms with Gasteiger partial charge < -0.3 is 4.74 Å². The van der Waals surface area contributed by atoms with E-state index in [1.807, 2.05) is 0 Å². The first-order valence-electron chi connectivity index (χ1n) is 5.97. The molecule has 0 unspecified atom stereocenters. The SMILES string of the molecule is CCOC(=O)CCCNS(=O)(=O)c1ccc(F)c(Cl)c1. The van der Waals surface area contributed by atoms with Crippen molar-refractivity contribution in [3.8, 4) is 0 Å². The molecule has 1 N–H and O–H groups in total. The number of carbonyl (C=O) groups excluding carboxylic acids is 1. The highest BCUT2D eigenvalue weighted by molar-refractivity contribution is 7.89. The first kappa shape index (κ1) is 16.9. The minimum atomic E-state index is -3.76. The summed E-state index contributed by atoms with van der Waals surface area (Å²) < 4.78 is 43.7. The van der Waals surface area contributed by atoms with E-state index in [1.165, 1.54) is 0 Å². The van der Waals surface area contributed by atoms with Gasteiger partial charge >= 0.3 is 5.97 Å². The number of carbonyl (C=O) groups is 1. The smallest absolute Gasteiger partial charge is 0.305 e. The third-order valence-electron chi connectivity index (χ3n) is 2.36. The van der Waals surface area contributed by atoms with Crippen LogP contribution in [0.1, 0.15) is 19.8 Å². The molecule has 112 valence electrons. The summed E-state index contributed by atoms with van der Waals surface area (Å²) in [6.07, 6.45) is 0.438. The number of halogens is 2. The number of rotatable bonds is 7. The molecule has 0 saturated carbocycles. The molecule has 0 spiro atoms. The van der Waals surface area contributed by atoms with Gasteiger partial charge in [0.1, 0.15) is 5.82 Å². The van der Waals surface area contributed by atoms with Crippen LogP contribution >= 0.6 is 11.6 Å². The molecule has 0 aliphatic heterocycles. The highest BCUT2D eigenvalue weighted by Gasteiger charge is 2.15. The summed E-state index contributed by atoms with van der Waals surface area (Å²) in [5.41, 5.74) is 0. The van der Waals surface area contributed by atoms with Crippen LogP contribution in [-0.4, -0.2) is 27.5 Å². The predicted molar refractivity (Wildman–Crippen MR) is 72.5 cm³/mol. The van der Waals surface area contributed by atoms with Crippen molar-refractivity contribution in [2.75, 3.05) is 13.2 Å². The fourth-order valence-electron chi connectivity index (χ4n) is 1.40. The summed E-state index contributed by atoms with van der Waals surface area (Å²) in [5, 5.41) is -0.264. The van der Waals surface area contributed by atoms with Gasteiger partial charge in [-0.3, -0.25) is 4.79 Å². The molecule has 0 radical (unpaired) electrons. The van der Waals surface area contributed by atoms with E-state index in [9.17, 15) is 17.6 Å². The Morgan fingerprint density at radius 2 is 2.15 bits per heavy atom. The molecule has 0 aliphatic rings. The summed E-state index contributed by atoms with van der Waals surface area (Å²) in [4.78, 5) is 10.9. The lowest BCUT2D eigenvalue weighted by molar-refractivity contribution is -0.143. The monoisotopic (exact) mass is 323 g/mol. The van der Waals surface area contributed by atoms with Gasteiger partial charge in [-0.1, -0.05) is 11.6 Å². The molecular weight excluding hydrogens is 309 g/mol. The number of esters is 1. The van der Waals surface area contributed by atoms with Gasteiger partial charge in [0.2, 0.25) is 10.0 Å². The normalized spacial score (nSPS) is 11.3. The zero-order chi connectivity index (χ0) is 15.2. The zero-order valence-corrected chi connectivity index (χ0v) is 12.4. The van der Waals surface area contributed by atoms with Crippen LogP contribution in [0.15, 0.2) is 23.1 Å². The van der Waals surface area contributed by atoms with Crippen molar-refractivity contribution >= 4 is 27.6 Å². The van der Waals surface area contributed by atoms with Gasteiger partial charge in [0.25, 0.3) is 0 Å². The van der Waals surface area contributed by atoms with Crippen LogP contribution in [0.4, 0.5) is 4.39 Å². The van der Waals surface area contributed by atoms with Gasteiger partial charge in [-0.05, 0) is 31.5 Å². The number of ether oxygens (including phenoxy) is 1. The van der Waals surface area contributed by atoms with Crippen molar-refractivity contribution in [3.05, 3.63) is 29.0 Å². The summed E-state index contributed by atoms with van der Waals surface area (Å²) >= 11 is 5.53. The van der Waals surface area contributed by atoms with Crippen molar-refractivity contribution in [2.24, 2.45) is 0 Å². The van der Waals surface area contributed by atoms with E-state index in [4.69, 9.17) is 16.3 Å².